The van der Waals surface area contributed by atoms with E-state index in [-0.39, 0.29) is 6.42 Å². The zero-order chi connectivity index (χ0) is 22.6. The van der Waals surface area contributed by atoms with Crippen molar-refractivity contribution < 1.29 is 28.7 Å². The fraction of sp³-hybridized carbons (Fsp3) is 0.636. The molecule has 0 heterocycles. The zero-order valence-corrected chi connectivity index (χ0v) is 19.0. The highest BCUT2D eigenvalue weighted by Crippen LogP contribution is 2.16. The molecule has 2 unspecified atom stereocenters. The highest BCUT2D eigenvalue weighted by atomic mass is 31.1. The maximum Gasteiger partial charge on any atom is 0.488 e. The van der Waals surface area contributed by atoms with E-state index < -0.39 is 32.3 Å². The van der Waals surface area contributed by atoms with Crippen LogP contribution in [0.1, 0.15) is 78.1 Å². The molecule has 8 heteroatoms. The van der Waals surface area contributed by atoms with Crippen LogP contribution in [-0.2, 0) is 18.7 Å². The molecule has 0 fully saturated rings. The Hall–Kier alpha value is -1.82. The molecule has 0 bridgehead atoms. The molecular formula is C22H36NO6P. The van der Waals surface area contributed by atoms with Crippen molar-refractivity contribution in [2.45, 2.75) is 90.2 Å². The lowest BCUT2D eigenvalue weighted by Crippen LogP contribution is -2.48. The van der Waals surface area contributed by atoms with Crippen LogP contribution in [-0.4, -0.2) is 29.1 Å². The van der Waals surface area contributed by atoms with Crippen LogP contribution in [0.2, 0.25) is 0 Å². The van der Waals surface area contributed by atoms with Gasteiger partial charge in [0.15, 0.2) is 6.04 Å². The number of carbonyl (C=O) groups excluding carboxylic acids is 1. The molecular weight excluding hydrogens is 405 g/mol. The molecule has 0 aliphatic rings. The third kappa shape index (κ3) is 17.1. The summed E-state index contributed by atoms with van der Waals surface area (Å²) in [5.74, 6) is -1.75. The Morgan fingerprint density at radius 3 is 2.17 bits per heavy atom. The first kappa shape index (κ1) is 28.2. The topological polar surface area (TPSA) is 116 Å². The molecule has 3 atom stereocenters. The number of carbonyl (C=O) groups is 2. The van der Waals surface area contributed by atoms with Gasteiger partial charge in [-0.2, -0.15) is 0 Å². The van der Waals surface area contributed by atoms with Crippen LogP contribution in [0, 0.1) is 0 Å². The summed E-state index contributed by atoms with van der Waals surface area (Å²) in [6.07, 6.45) is 20.9. The third-order valence-corrected chi connectivity index (χ3v) is 4.86. The number of rotatable bonds is 18. The molecule has 0 aliphatic carbocycles. The Morgan fingerprint density at radius 1 is 1.00 bits per heavy atom. The number of unbranched alkanes of at least 4 members (excludes halogenated alkanes) is 5. The molecule has 0 saturated heterocycles. The van der Waals surface area contributed by atoms with E-state index in [9.17, 15) is 19.0 Å². The van der Waals surface area contributed by atoms with Gasteiger partial charge >= 0.3 is 14.2 Å². The largest absolute Gasteiger partial charge is 0.566 e. The van der Waals surface area contributed by atoms with Gasteiger partial charge < -0.3 is 15.3 Å². The van der Waals surface area contributed by atoms with E-state index in [1.54, 1.807) is 0 Å². The van der Waals surface area contributed by atoms with E-state index in [4.69, 9.17) is 5.11 Å². The van der Waals surface area contributed by atoms with Gasteiger partial charge in [0.25, 0.3) is 0 Å². The van der Waals surface area contributed by atoms with Crippen molar-refractivity contribution in [3.63, 3.8) is 0 Å². The van der Waals surface area contributed by atoms with E-state index >= 15 is 0 Å². The molecule has 2 N–H and O–H groups in total. The Bertz CT molecular complexity index is 588. The van der Waals surface area contributed by atoms with E-state index in [2.05, 4.69) is 53.2 Å². The second-order valence-corrected chi connectivity index (χ2v) is 7.68. The SMILES string of the molecule is CC/C=C/C/C=C/C/C=C/CCCCCCCC(=O)N[C@H](C(=O)O)C(C)O[P+](=O)[O-]. The second-order valence-electron chi connectivity index (χ2n) is 7.02. The van der Waals surface area contributed by atoms with E-state index in [1.807, 2.05) is 0 Å². The first-order valence-corrected chi connectivity index (χ1v) is 11.8. The van der Waals surface area contributed by atoms with Gasteiger partial charge in [-0.25, -0.2) is 4.79 Å². The standard InChI is InChI=1S/C22H36NO6P/c1-3-4-5-6-7-8-9-10-11-12-13-14-15-16-17-18-20(24)23-21(22(25)26)19(2)29-30(27)28/h4-5,7-8,10-11,19,21H,3,6,9,12-18H2,1-2H3,(H,23,24)(H,25,26)/b5-4+,8-7+,11-10+/t19?,21-/m0/s1. The molecule has 0 radical (unpaired) electrons. The van der Waals surface area contributed by atoms with Crippen molar-refractivity contribution in [3.8, 4) is 0 Å². The summed E-state index contributed by atoms with van der Waals surface area (Å²) < 4.78 is 15.0. The highest BCUT2D eigenvalue weighted by Gasteiger charge is 2.31. The zero-order valence-electron chi connectivity index (χ0n) is 18.1. The lowest BCUT2D eigenvalue weighted by Gasteiger charge is -2.17. The number of nitrogens with one attached hydrogen (secondary N) is 1. The first-order chi connectivity index (χ1) is 14.4. The molecule has 0 saturated carbocycles. The van der Waals surface area contributed by atoms with Crippen LogP contribution in [0.5, 0.6) is 0 Å². The molecule has 0 aliphatic heterocycles. The summed E-state index contributed by atoms with van der Waals surface area (Å²) >= 11 is 0. The minimum Gasteiger partial charge on any atom is -0.566 e. The van der Waals surface area contributed by atoms with Gasteiger partial charge in [0, 0.05) is 6.42 Å². The average Bonchev–Trinajstić information content (AvgIpc) is 2.68. The Kier molecular flexibility index (Phi) is 18.0. The Balaban J connectivity index is 3.76. The number of hydrogen-bond acceptors (Lipinski definition) is 5. The van der Waals surface area contributed by atoms with Crippen molar-refractivity contribution in [3.05, 3.63) is 36.5 Å². The van der Waals surface area contributed by atoms with E-state index in [0.717, 1.165) is 51.4 Å². The fourth-order valence-electron chi connectivity index (χ4n) is 2.73. The van der Waals surface area contributed by atoms with Crippen molar-refractivity contribution in [2.75, 3.05) is 0 Å². The van der Waals surface area contributed by atoms with Crippen LogP contribution in [0.25, 0.3) is 0 Å². The highest BCUT2D eigenvalue weighted by molar-refractivity contribution is 7.30. The van der Waals surface area contributed by atoms with E-state index in [1.165, 1.54) is 6.92 Å². The average molecular weight is 442 g/mol. The molecule has 0 rings (SSSR count). The minimum atomic E-state index is -3.18. The molecule has 0 aromatic rings. The summed E-state index contributed by atoms with van der Waals surface area (Å²) in [5.41, 5.74) is 0. The normalized spacial score (nSPS) is 14.4. The predicted octanol–water partition coefficient (Wildman–Crippen LogP) is 4.57. The number of carboxylic acid groups (broad SMARTS) is 1. The van der Waals surface area contributed by atoms with Crippen LogP contribution < -0.4 is 10.2 Å². The molecule has 0 aromatic carbocycles. The van der Waals surface area contributed by atoms with Gasteiger partial charge in [-0.3, -0.25) is 4.79 Å². The number of amides is 1. The third-order valence-electron chi connectivity index (χ3n) is 4.36. The maximum atomic E-state index is 11.9. The maximum absolute atomic E-state index is 11.9. The van der Waals surface area contributed by atoms with Crippen LogP contribution in [0.3, 0.4) is 0 Å². The van der Waals surface area contributed by atoms with Crippen molar-refractivity contribution >= 4 is 20.1 Å². The monoisotopic (exact) mass is 441 g/mol. The van der Waals surface area contributed by atoms with Crippen LogP contribution in [0.4, 0.5) is 0 Å². The van der Waals surface area contributed by atoms with Gasteiger partial charge in [0.2, 0.25) is 5.91 Å². The molecule has 1 amide bonds. The smallest absolute Gasteiger partial charge is 0.488 e. The quantitative estimate of drug-likeness (QED) is 0.183. The lowest BCUT2D eigenvalue weighted by atomic mass is 10.1. The molecule has 7 nitrogen and oxygen atoms in total. The molecule has 170 valence electrons. The van der Waals surface area contributed by atoms with Crippen molar-refractivity contribution in [2.24, 2.45) is 0 Å². The Morgan fingerprint density at radius 2 is 1.57 bits per heavy atom. The number of hydrogen-bond donors (Lipinski definition) is 2. The lowest BCUT2D eigenvalue weighted by molar-refractivity contribution is -0.190. The number of carboxylic acids is 1. The van der Waals surface area contributed by atoms with Gasteiger partial charge in [-0.1, -0.05) is 62.6 Å². The van der Waals surface area contributed by atoms with Gasteiger partial charge in [0.05, 0.1) is 0 Å². The molecule has 0 spiro atoms. The van der Waals surface area contributed by atoms with Crippen LogP contribution in [0.15, 0.2) is 36.5 Å². The summed E-state index contributed by atoms with van der Waals surface area (Å²) in [5, 5.41) is 11.4. The van der Waals surface area contributed by atoms with Gasteiger partial charge in [-0.05, 0) is 50.0 Å². The summed E-state index contributed by atoms with van der Waals surface area (Å²) in [7, 11) is -3.18. The summed E-state index contributed by atoms with van der Waals surface area (Å²) in [6, 6.07) is -1.39. The molecule has 30 heavy (non-hydrogen) atoms. The van der Waals surface area contributed by atoms with E-state index in [0.29, 0.717) is 6.42 Å². The van der Waals surface area contributed by atoms with Gasteiger partial charge in [0.1, 0.15) is 6.10 Å². The van der Waals surface area contributed by atoms with Crippen LogP contribution >= 0.6 is 8.25 Å². The van der Waals surface area contributed by atoms with Crippen molar-refractivity contribution in [1.82, 2.24) is 5.32 Å². The van der Waals surface area contributed by atoms with Gasteiger partial charge in [-0.15, -0.1) is 4.52 Å². The molecule has 0 aromatic heterocycles. The Labute approximate surface area is 181 Å². The fourth-order valence-corrected chi connectivity index (χ4v) is 3.12. The summed E-state index contributed by atoms with van der Waals surface area (Å²) in [4.78, 5) is 33.6. The first-order valence-electron chi connectivity index (χ1n) is 10.7. The van der Waals surface area contributed by atoms with Crippen molar-refractivity contribution in [1.29, 1.82) is 0 Å². The second kappa shape index (κ2) is 19.2. The predicted molar refractivity (Wildman–Crippen MR) is 117 cm³/mol. The summed E-state index contributed by atoms with van der Waals surface area (Å²) in [6.45, 7) is 3.42. The number of allylic oxidation sites excluding steroid dienone is 6. The minimum absolute atomic E-state index is 0.208. The number of aliphatic carboxylic acids is 1.